The number of nitrogens with one attached hydrogen (secondary N) is 1. The lowest BCUT2D eigenvalue weighted by molar-refractivity contribution is 1.15. The molecule has 1 heterocycles. The van der Waals surface area contributed by atoms with Gasteiger partial charge in [-0.1, -0.05) is 17.7 Å². The summed E-state index contributed by atoms with van der Waals surface area (Å²) in [6, 6.07) is 6.22. The molecule has 0 aliphatic heterocycles. The topological polar surface area (TPSA) is 37.8 Å². The molecule has 0 saturated heterocycles. The van der Waals surface area contributed by atoms with Gasteiger partial charge in [0, 0.05) is 5.69 Å². The zero-order valence-electron chi connectivity index (χ0n) is 9.46. The van der Waals surface area contributed by atoms with Crippen molar-refractivity contribution in [3.63, 3.8) is 0 Å². The second kappa shape index (κ2) is 5.02. The van der Waals surface area contributed by atoms with Crippen molar-refractivity contribution in [1.29, 1.82) is 0 Å². The van der Waals surface area contributed by atoms with Crippen LogP contribution in [0.25, 0.3) is 0 Å². The molecular weight excluding hydrogens is 302 g/mol. The fourth-order valence-corrected chi connectivity index (χ4v) is 2.06. The molecule has 5 heteroatoms. The summed E-state index contributed by atoms with van der Waals surface area (Å²) in [4.78, 5) is 8.02. The Morgan fingerprint density at radius 2 is 1.76 bits per heavy atom. The number of hydrogen-bond donors (Lipinski definition) is 1. The van der Waals surface area contributed by atoms with Crippen LogP contribution in [0.5, 0.6) is 0 Å². The Morgan fingerprint density at radius 1 is 1.12 bits per heavy atom. The van der Waals surface area contributed by atoms with Crippen LogP contribution in [-0.2, 0) is 0 Å². The van der Waals surface area contributed by atoms with Crippen LogP contribution in [0.2, 0.25) is 5.15 Å². The van der Waals surface area contributed by atoms with Gasteiger partial charge in [-0.05, 0) is 53.0 Å². The second-order valence-electron chi connectivity index (χ2n) is 3.83. The van der Waals surface area contributed by atoms with Crippen LogP contribution in [0.1, 0.15) is 11.1 Å². The molecule has 0 bridgehead atoms. The molecule has 3 nitrogen and oxygen atoms in total. The van der Waals surface area contributed by atoms with Gasteiger partial charge in [-0.3, -0.25) is 0 Å². The second-order valence-corrected chi connectivity index (χ2v) is 4.98. The summed E-state index contributed by atoms with van der Waals surface area (Å²) >= 11 is 9.26. The first kappa shape index (κ1) is 12.3. The molecule has 0 aliphatic rings. The Bertz CT molecular complexity index is 537. The predicted octanol–water partition coefficient (Wildman–Crippen LogP) is 4.25. The maximum Gasteiger partial charge on any atom is 0.149 e. The van der Waals surface area contributed by atoms with Crippen molar-refractivity contribution in [3.8, 4) is 0 Å². The van der Waals surface area contributed by atoms with E-state index in [9.17, 15) is 0 Å². The van der Waals surface area contributed by atoms with E-state index >= 15 is 0 Å². The Kier molecular flexibility index (Phi) is 3.64. The molecule has 2 rings (SSSR count). The molecule has 0 amide bonds. The van der Waals surface area contributed by atoms with Crippen molar-refractivity contribution in [2.75, 3.05) is 5.32 Å². The molecule has 0 saturated carbocycles. The minimum atomic E-state index is 0.395. The van der Waals surface area contributed by atoms with E-state index in [1.807, 2.05) is 0 Å². The molecule has 0 atom stereocenters. The molecule has 1 aromatic heterocycles. The SMILES string of the molecule is Cc1cc(C)cc(Nc2ncnc(Cl)c2Br)c1. The summed E-state index contributed by atoms with van der Waals surface area (Å²) in [7, 11) is 0. The van der Waals surface area contributed by atoms with Crippen molar-refractivity contribution in [3.05, 3.63) is 45.3 Å². The van der Waals surface area contributed by atoms with E-state index < -0.39 is 0 Å². The molecule has 0 fully saturated rings. The average molecular weight is 313 g/mol. The fourth-order valence-electron chi connectivity index (χ4n) is 1.62. The number of benzene rings is 1. The van der Waals surface area contributed by atoms with Crippen molar-refractivity contribution in [2.24, 2.45) is 0 Å². The van der Waals surface area contributed by atoms with Crippen LogP contribution in [0.4, 0.5) is 11.5 Å². The predicted molar refractivity (Wildman–Crippen MR) is 73.9 cm³/mol. The third-order valence-electron chi connectivity index (χ3n) is 2.23. The molecule has 1 aromatic carbocycles. The monoisotopic (exact) mass is 311 g/mol. The van der Waals surface area contributed by atoms with Crippen LogP contribution in [0, 0.1) is 13.8 Å². The Morgan fingerprint density at radius 3 is 2.41 bits per heavy atom. The number of anilines is 2. The van der Waals surface area contributed by atoms with Gasteiger partial charge in [-0.2, -0.15) is 0 Å². The van der Waals surface area contributed by atoms with E-state index in [1.54, 1.807) is 0 Å². The van der Waals surface area contributed by atoms with Gasteiger partial charge in [0.1, 0.15) is 17.3 Å². The van der Waals surface area contributed by atoms with Crippen molar-refractivity contribution >= 4 is 39.0 Å². The van der Waals surface area contributed by atoms with Gasteiger partial charge >= 0.3 is 0 Å². The van der Waals surface area contributed by atoms with Crippen molar-refractivity contribution < 1.29 is 0 Å². The van der Waals surface area contributed by atoms with E-state index in [4.69, 9.17) is 11.6 Å². The summed E-state index contributed by atoms with van der Waals surface area (Å²) in [6.07, 6.45) is 1.43. The molecule has 0 unspecified atom stereocenters. The largest absolute Gasteiger partial charge is 0.339 e. The summed E-state index contributed by atoms with van der Waals surface area (Å²) in [5, 5.41) is 3.61. The van der Waals surface area contributed by atoms with E-state index in [2.05, 4.69) is 63.3 Å². The molecule has 0 radical (unpaired) electrons. The Labute approximate surface area is 113 Å². The molecule has 2 aromatic rings. The van der Waals surface area contributed by atoms with Gasteiger partial charge in [0.2, 0.25) is 0 Å². The smallest absolute Gasteiger partial charge is 0.149 e. The minimum absolute atomic E-state index is 0.395. The zero-order valence-corrected chi connectivity index (χ0v) is 11.8. The number of hydrogen-bond acceptors (Lipinski definition) is 3. The molecular formula is C12H11BrClN3. The number of nitrogens with zero attached hydrogens (tertiary/aromatic N) is 2. The fraction of sp³-hybridized carbons (Fsp3) is 0.167. The zero-order chi connectivity index (χ0) is 12.4. The maximum absolute atomic E-state index is 5.90. The molecule has 88 valence electrons. The van der Waals surface area contributed by atoms with Gasteiger partial charge in [-0.25, -0.2) is 9.97 Å². The summed E-state index contributed by atoms with van der Waals surface area (Å²) in [5.41, 5.74) is 3.38. The summed E-state index contributed by atoms with van der Waals surface area (Å²) in [6.45, 7) is 4.11. The highest BCUT2D eigenvalue weighted by molar-refractivity contribution is 9.10. The van der Waals surface area contributed by atoms with Gasteiger partial charge in [0.15, 0.2) is 0 Å². The van der Waals surface area contributed by atoms with Crippen LogP contribution in [0.15, 0.2) is 29.0 Å². The van der Waals surface area contributed by atoms with E-state index in [-0.39, 0.29) is 0 Å². The van der Waals surface area contributed by atoms with Gasteiger partial charge in [-0.15, -0.1) is 0 Å². The van der Waals surface area contributed by atoms with Crippen LogP contribution < -0.4 is 5.32 Å². The Hall–Kier alpha value is -1.13. The van der Waals surface area contributed by atoms with E-state index in [0.29, 0.717) is 15.4 Å². The normalized spacial score (nSPS) is 10.4. The highest BCUT2D eigenvalue weighted by Crippen LogP contribution is 2.29. The van der Waals surface area contributed by atoms with Gasteiger partial charge in [0.25, 0.3) is 0 Å². The summed E-state index contributed by atoms with van der Waals surface area (Å²) in [5.74, 6) is 0.662. The molecule has 1 N–H and O–H groups in total. The molecule has 17 heavy (non-hydrogen) atoms. The average Bonchev–Trinajstić information content (AvgIpc) is 2.23. The highest BCUT2D eigenvalue weighted by atomic mass is 79.9. The Balaban J connectivity index is 2.34. The first-order chi connectivity index (χ1) is 8.06. The van der Waals surface area contributed by atoms with E-state index in [1.165, 1.54) is 17.5 Å². The van der Waals surface area contributed by atoms with Crippen LogP contribution >= 0.6 is 27.5 Å². The first-order valence-electron chi connectivity index (χ1n) is 5.07. The lowest BCUT2D eigenvalue weighted by Gasteiger charge is -2.09. The van der Waals surface area contributed by atoms with Crippen molar-refractivity contribution in [1.82, 2.24) is 9.97 Å². The lowest BCUT2D eigenvalue weighted by atomic mass is 10.1. The first-order valence-corrected chi connectivity index (χ1v) is 6.24. The number of rotatable bonds is 2. The van der Waals surface area contributed by atoms with Gasteiger partial charge in [0.05, 0.1) is 4.47 Å². The number of aryl methyl sites for hydroxylation is 2. The van der Waals surface area contributed by atoms with Crippen LogP contribution in [-0.4, -0.2) is 9.97 Å². The third kappa shape index (κ3) is 2.96. The van der Waals surface area contributed by atoms with Gasteiger partial charge < -0.3 is 5.32 Å². The summed E-state index contributed by atoms with van der Waals surface area (Å²) < 4.78 is 0.667. The molecule has 0 spiro atoms. The number of aromatic nitrogens is 2. The number of halogens is 2. The molecule has 0 aliphatic carbocycles. The highest BCUT2D eigenvalue weighted by Gasteiger charge is 2.07. The van der Waals surface area contributed by atoms with E-state index in [0.717, 1.165) is 5.69 Å². The van der Waals surface area contributed by atoms with Crippen LogP contribution in [0.3, 0.4) is 0 Å². The standard InChI is InChI=1S/C12H11BrClN3/c1-7-3-8(2)5-9(4-7)17-12-10(13)11(14)15-6-16-12/h3-6H,1-2H3,(H,15,16,17). The minimum Gasteiger partial charge on any atom is -0.339 e. The van der Waals surface area contributed by atoms with Crippen molar-refractivity contribution in [2.45, 2.75) is 13.8 Å². The maximum atomic E-state index is 5.90. The third-order valence-corrected chi connectivity index (χ3v) is 3.50. The lowest BCUT2D eigenvalue weighted by Crippen LogP contribution is -1.97. The quantitative estimate of drug-likeness (QED) is 0.842.